The molecule has 25 heavy (non-hydrogen) atoms. The van der Waals surface area contributed by atoms with E-state index in [4.69, 9.17) is 0 Å². The van der Waals surface area contributed by atoms with Gasteiger partial charge in [-0.1, -0.05) is 13.8 Å². The largest absolute Gasteiger partial charge is 0.393 e. The van der Waals surface area contributed by atoms with Crippen molar-refractivity contribution in [3.8, 4) is 0 Å². The van der Waals surface area contributed by atoms with Crippen LogP contribution in [0.25, 0.3) is 0 Å². The third kappa shape index (κ3) is 4.40. The summed E-state index contributed by atoms with van der Waals surface area (Å²) in [6.07, 6.45) is 7.06. The van der Waals surface area contributed by atoms with Gasteiger partial charge in [0, 0.05) is 0 Å². The van der Waals surface area contributed by atoms with Crippen molar-refractivity contribution in [1.29, 1.82) is 0 Å². The zero-order valence-corrected chi connectivity index (χ0v) is 15.9. The van der Waals surface area contributed by atoms with Crippen LogP contribution in [0.5, 0.6) is 0 Å². The SMILES string of the molecule is CC1CC(C(C2CCC(O)C(C)C2)C2CCC(O)C(O)C2)CCC1O. The molecule has 9 atom stereocenters. The summed E-state index contributed by atoms with van der Waals surface area (Å²) in [5.74, 6) is 2.96. The predicted octanol–water partition coefficient (Wildman–Crippen LogP) is 2.72. The molecule has 0 aromatic heterocycles. The average molecular weight is 355 g/mol. The van der Waals surface area contributed by atoms with Gasteiger partial charge in [-0.15, -0.1) is 0 Å². The topological polar surface area (TPSA) is 80.9 Å². The fourth-order valence-corrected chi connectivity index (χ4v) is 6.21. The molecule has 0 amide bonds. The number of aliphatic hydroxyl groups is 4. The van der Waals surface area contributed by atoms with Crippen LogP contribution in [0.1, 0.15) is 71.6 Å². The van der Waals surface area contributed by atoms with Crippen molar-refractivity contribution >= 4 is 0 Å². The third-order valence-electron chi connectivity index (χ3n) is 7.78. The van der Waals surface area contributed by atoms with Gasteiger partial charge in [0.25, 0.3) is 0 Å². The van der Waals surface area contributed by atoms with E-state index in [1.165, 1.54) is 0 Å². The molecule has 0 aromatic rings. The fourth-order valence-electron chi connectivity index (χ4n) is 6.21. The number of aliphatic hydroxyl groups excluding tert-OH is 4. The van der Waals surface area contributed by atoms with E-state index in [1.807, 2.05) is 0 Å². The minimum Gasteiger partial charge on any atom is -0.393 e. The van der Waals surface area contributed by atoms with Gasteiger partial charge in [-0.3, -0.25) is 0 Å². The van der Waals surface area contributed by atoms with E-state index in [9.17, 15) is 20.4 Å². The molecule has 3 aliphatic carbocycles. The maximum Gasteiger partial charge on any atom is 0.0801 e. The summed E-state index contributed by atoms with van der Waals surface area (Å²) >= 11 is 0. The van der Waals surface area contributed by atoms with Crippen LogP contribution in [-0.4, -0.2) is 44.8 Å². The van der Waals surface area contributed by atoms with Crippen molar-refractivity contribution in [2.45, 2.75) is 96.1 Å². The second kappa shape index (κ2) is 8.24. The second-order valence-corrected chi connectivity index (χ2v) is 9.52. The summed E-state index contributed by atoms with van der Waals surface area (Å²) in [4.78, 5) is 0. The van der Waals surface area contributed by atoms with E-state index in [0.717, 1.165) is 44.9 Å². The first-order valence-electron chi connectivity index (χ1n) is 10.6. The lowest BCUT2D eigenvalue weighted by Crippen LogP contribution is -2.44. The second-order valence-electron chi connectivity index (χ2n) is 9.52. The van der Waals surface area contributed by atoms with Gasteiger partial charge in [0.2, 0.25) is 0 Å². The molecule has 4 nitrogen and oxygen atoms in total. The van der Waals surface area contributed by atoms with Crippen LogP contribution in [0, 0.1) is 35.5 Å². The molecule has 0 saturated heterocycles. The standard InChI is InChI=1S/C21H38O4/c1-12-9-14(3-6-17(12)22)21(15-4-7-18(23)13(2)10-15)16-5-8-19(24)20(25)11-16/h12-25H,3-11H2,1-2H3. The molecule has 0 radical (unpaired) electrons. The van der Waals surface area contributed by atoms with Gasteiger partial charge in [0.1, 0.15) is 0 Å². The summed E-state index contributed by atoms with van der Waals surface area (Å²) in [5.41, 5.74) is 0. The zero-order valence-electron chi connectivity index (χ0n) is 15.9. The molecule has 0 aromatic carbocycles. The highest BCUT2D eigenvalue weighted by molar-refractivity contribution is 4.94. The Balaban J connectivity index is 1.76. The fraction of sp³-hybridized carbons (Fsp3) is 1.00. The lowest BCUT2D eigenvalue weighted by Gasteiger charge is -2.48. The number of hydrogen-bond donors (Lipinski definition) is 4. The maximum atomic E-state index is 10.3. The molecule has 3 fully saturated rings. The van der Waals surface area contributed by atoms with Crippen LogP contribution in [0.15, 0.2) is 0 Å². The van der Waals surface area contributed by atoms with Gasteiger partial charge in [-0.25, -0.2) is 0 Å². The third-order valence-corrected chi connectivity index (χ3v) is 7.78. The van der Waals surface area contributed by atoms with E-state index in [1.54, 1.807) is 0 Å². The number of rotatable bonds is 3. The van der Waals surface area contributed by atoms with Gasteiger partial charge >= 0.3 is 0 Å². The summed E-state index contributed by atoms with van der Waals surface area (Å²) in [6.45, 7) is 4.33. The predicted molar refractivity (Wildman–Crippen MR) is 97.9 cm³/mol. The summed E-state index contributed by atoms with van der Waals surface area (Å²) in [7, 11) is 0. The van der Waals surface area contributed by atoms with Gasteiger partial charge in [-0.05, 0) is 93.3 Å². The van der Waals surface area contributed by atoms with Crippen molar-refractivity contribution in [1.82, 2.24) is 0 Å². The van der Waals surface area contributed by atoms with Crippen LogP contribution < -0.4 is 0 Å². The highest BCUT2D eigenvalue weighted by atomic mass is 16.3. The van der Waals surface area contributed by atoms with E-state index in [0.29, 0.717) is 48.3 Å². The lowest BCUT2D eigenvalue weighted by atomic mass is 9.59. The van der Waals surface area contributed by atoms with Crippen LogP contribution in [0.3, 0.4) is 0 Å². The molecule has 4 N–H and O–H groups in total. The molecule has 146 valence electrons. The van der Waals surface area contributed by atoms with Gasteiger partial charge in [0.05, 0.1) is 24.4 Å². The Morgan fingerprint density at radius 3 is 1.32 bits per heavy atom. The molecule has 0 bridgehead atoms. The lowest BCUT2D eigenvalue weighted by molar-refractivity contribution is -0.0676. The van der Waals surface area contributed by atoms with E-state index >= 15 is 0 Å². The van der Waals surface area contributed by atoms with Crippen LogP contribution in [0.4, 0.5) is 0 Å². The average Bonchev–Trinajstić information content (AvgIpc) is 2.57. The maximum absolute atomic E-state index is 10.3. The molecular formula is C21H38O4. The molecule has 3 aliphatic rings. The summed E-state index contributed by atoms with van der Waals surface area (Å²) in [6, 6.07) is 0. The number of hydrogen-bond acceptors (Lipinski definition) is 4. The minimum atomic E-state index is -0.584. The summed E-state index contributed by atoms with van der Waals surface area (Å²) < 4.78 is 0. The Morgan fingerprint density at radius 2 is 0.920 bits per heavy atom. The van der Waals surface area contributed by atoms with Crippen LogP contribution >= 0.6 is 0 Å². The quantitative estimate of drug-likeness (QED) is 0.628. The van der Waals surface area contributed by atoms with Crippen molar-refractivity contribution in [3.05, 3.63) is 0 Å². The monoisotopic (exact) mass is 354 g/mol. The Bertz CT molecular complexity index is 366. The molecule has 4 heteroatoms. The van der Waals surface area contributed by atoms with Gasteiger partial charge < -0.3 is 20.4 Å². The van der Waals surface area contributed by atoms with Crippen molar-refractivity contribution in [3.63, 3.8) is 0 Å². The van der Waals surface area contributed by atoms with Crippen LogP contribution in [-0.2, 0) is 0 Å². The Hall–Kier alpha value is -0.160. The van der Waals surface area contributed by atoms with E-state index < -0.39 is 12.2 Å². The van der Waals surface area contributed by atoms with Crippen molar-refractivity contribution in [2.24, 2.45) is 35.5 Å². The summed E-state index contributed by atoms with van der Waals surface area (Å²) in [5, 5.41) is 40.5. The Kier molecular flexibility index (Phi) is 6.46. The molecule has 9 unspecified atom stereocenters. The Morgan fingerprint density at radius 1 is 0.520 bits per heavy atom. The van der Waals surface area contributed by atoms with Gasteiger partial charge in [-0.2, -0.15) is 0 Å². The van der Waals surface area contributed by atoms with Gasteiger partial charge in [0.15, 0.2) is 0 Å². The highest BCUT2D eigenvalue weighted by Gasteiger charge is 2.43. The normalized spacial score (nSPS) is 50.4. The molecule has 0 aliphatic heterocycles. The smallest absolute Gasteiger partial charge is 0.0801 e. The first kappa shape index (κ1) is 19.6. The van der Waals surface area contributed by atoms with E-state index in [2.05, 4.69) is 13.8 Å². The first-order valence-corrected chi connectivity index (χ1v) is 10.6. The first-order chi connectivity index (χ1) is 11.9. The van der Waals surface area contributed by atoms with Crippen molar-refractivity contribution in [2.75, 3.05) is 0 Å². The zero-order chi connectivity index (χ0) is 18.1. The molecular weight excluding hydrogens is 316 g/mol. The van der Waals surface area contributed by atoms with Crippen molar-refractivity contribution < 1.29 is 20.4 Å². The molecule has 0 spiro atoms. The minimum absolute atomic E-state index is 0.164. The molecule has 3 rings (SSSR count). The highest BCUT2D eigenvalue weighted by Crippen LogP contribution is 2.49. The van der Waals surface area contributed by atoms with E-state index in [-0.39, 0.29) is 12.2 Å². The Labute approximate surface area is 152 Å². The molecule has 0 heterocycles. The van der Waals surface area contributed by atoms with Crippen LogP contribution in [0.2, 0.25) is 0 Å². The molecule has 3 saturated carbocycles.